The molecule has 3 atom stereocenters. The van der Waals surface area contributed by atoms with Crippen molar-refractivity contribution >= 4 is 11.9 Å². The predicted octanol–water partition coefficient (Wildman–Crippen LogP) is 2.53. The zero-order valence-electron chi connectivity index (χ0n) is 11.6. The predicted molar refractivity (Wildman–Crippen MR) is 65.9 cm³/mol. The van der Waals surface area contributed by atoms with E-state index >= 15 is 0 Å². The van der Waals surface area contributed by atoms with E-state index in [4.69, 9.17) is 5.11 Å². The molecule has 1 unspecified atom stereocenters. The SMILES string of the molecule is CCCC(C)CC(=O)N1C[C@@H](C(F)(F)F)[C@H](C(=O)O)C1. The molecule has 1 rings (SSSR count). The second-order valence-corrected chi connectivity index (χ2v) is 5.49. The lowest BCUT2D eigenvalue weighted by molar-refractivity contribution is -0.188. The van der Waals surface area contributed by atoms with Crippen LogP contribution in [0.25, 0.3) is 0 Å². The normalized spacial score (nSPS) is 24.8. The van der Waals surface area contributed by atoms with Crippen molar-refractivity contribution in [1.82, 2.24) is 4.90 Å². The number of hydrogen-bond acceptors (Lipinski definition) is 2. The summed E-state index contributed by atoms with van der Waals surface area (Å²) in [6.45, 7) is 2.94. The summed E-state index contributed by atoms with van der Waals surface area (Å²) in [6, 6.07) is 0. The van der Waals surface area contributed by atoms with Gasteiger partial charge in [0, 0.05) is 19.5 Å². The summed E-state index contributed by atoms with van der Waals surface area (Å²) in [5, 5.41) is 8.87. The van der Waals surface area contributed by atoms with Crippen LogP contribution in [0.2, 0.25) is 0 Å². The molecule has 1 aliphatic rings. The summed E-state index contributed by atoms with van der Waals surface area (Å²) in [6.07, 6.45) is -2.69. The van der Waals surface area contributed by atoms with Gasteiger partial charge in [-0.25, -0.2) is 0 Å². The van der Waals surface area contributed by atoms with E-state index in [9.17, 15) is 22.8 Å². The van der Waals surface area contributed by atoms with E-state index in [2.05, 4.69) is 0 Å². The number of carboxylic acids is 1. The minimum absolute atomic E-state index is 0.0979. The lowest BCUT2D eigenvalue weighted by Gasteiger charge is -2.19. The number of alkyl halides is 3. The fourth-order valence-corrected chi connectivity index (χ4v) is 2.61. The Bertz CT molecular complexity index is 370. The van der Waals surface area contributed by atoms with Crippen LogP contribution in [0.15, 0.2) is 0 Å². The highest BCUT2D eigenvalue weighted by atomic mass is 19.4. The van der Waals surface area contributed by atoms with Gasteiger partial charge in [-0.3, -0.25) is 9.59 Å². The van der Waals surface area contributed by atoms with Gasteiger partial charge in [-0.2, -0.15) is 13.2 Å². The van der Waals surface area contributed by atoms with Gasteiger partial charge >= 0.3 is 12.1 Å². The van der Waals surface area contributed by atoms with Crippen LogP contribution >= 0.6 is 0 Å². The molecule has 1 aliphatic heterocycles. The smallest absolute Gasteiger partial charge is 0.394 e. The maximum Gasteiger partial charge on any atom is 0.394 e. The molecule has 1 amide bonds. The molecule has 0 radical (unpaired) electrons. The summed E-state index contributed by atoms with van der Waals surface area (Å²) in [5.41, 5.74) is 0. The number of likely N-dealkylation sites (tertiary alicyclic amines) is 1. The summed E-state index contributed by atoms with van der Waals surface area (Å²) < 4.78 is 38.4. The van der Waals surface area contributed by atoms with E-state index < -0.39 is 30.5 Å². The van der Waals surface area contributed by atoms with E-state index in [-0.39, 0.29) is 24.8 Å². The number of hydrogen-bond donors (Lipinski definition) is 1. The third-order valence-electron chi connectivity index (χ3n) is 3.71. The molecule has 20 heavy (non-hydrogen) atoms. The maximum absolute atomic E-state index is 12.8. The fraction of sp³-hybridized carbons (Fsp3) is 0.846. The molecule has 0 aliphatic carbocycles. The quantitative estimate of drug-likeness (QED) is 0.848. The molecule has 0 aromatic carbocycles. The van der Waals surface area contributed by atoms with Crippen molar-refractivity contribution in [2.24, 2.45) is 17.8 Å². The van der Waals surface area contributed by atoms with Crippen molar-refractivity contribution < 1.29 is 27.9 Å². The van der Waals surface area contributed by atoms with Gasteiger partial charge in [0.1, 0.15) is 0 Å². The molecule has 116 valence electrons. The van der Waals surface area contributed by atoms with Gasteiger partial charge in [-0.15, -0.1) is 0 Å². The first-order valence-corrected chi connectivity index (χ1v) is 6.74. The summed E-state index contributed by atoms with van der Waals surface area (Å²) in [4.78, 5) is 23.9. The van der Waals surface area contributed by atoms with Gasteiger partial charge in [0.25, 0.3) is 0 Å². The topological polar surface area (TPSA) is 57.6 Å². The molecule has 0 aromatic heterocycles. The average molecular weight is 295 g/mol. The first-order chi connectivity index (χ1) is 9.16. The van der Waals surface area contributed by atoms with Crippen molar-refractivity contribution in [3.63, 3.8) is 0 Å². The molecular weight excluding hydrogens is 275 g/mol. The Morgan fingerprint density at radius 2 is 1.95 bits per heavy atom. The zero-order valence-corrected chi connectivity index (χ0v) is 11.6. The first kappa shape index (κ1) is 16.8. The zero-order chi connectivity index (χ0) is 15.5. The molecule has 0 spiro atoms. The Kier molecular flexibility index (Phi) is 5.42. The second kappa shape index (κ2) is 6.45. The molecule has 1 heterocycles. The summed E-state index contributed by atoms with van der Waals surface area (Å²) >= 11 is 0. The van der Waals surface area contributed by atoms with Crippen LogP contribution in [0, 0.1) is 17.8 Å². The van der Waals surface area contributed by atoms with Crippen LogP contribution in [0.4, 0.5) is 13.2 Å². The number of halogens is 3. The number of nitrogens with zero attached hydrogens (tertiary/aromatic N) is 1. The number of rotatable bonds is 5. The molecule has 1 saturated heterocycles. The van der Waals surface area contributed by atoms with E-state index in [1.165, 1.54) is 0 Å². The monoisotopic (exact) mass is 295 g/mol. The number of carbonyl (C=O) groups excluding carboxylic acids is 1. The lowest BCUT2D eigenvalue weighted by Crippen LogP contribution is -2.34. The van der Waals surface area contributed by atoms with Crippen LogP contribution in [0.3, 0.4) is 0 Å². The van der Waals surface area contributed by atoms with Crippen molar-refractivity contribution in [2.75, 3.05) is 13.1 Å². The van der Waals surface area contributed by atoms with E-state index in [0.29, 0.717) is 0 Å². The average Bonchev–Trinajstić information content (AvgIpc) is 2.73. The van der Waals surface area contributed by atoms with Gasteiger partial charge in [0.05, 0.1) is 11.8 Å². The van der Waals surface area contributed by atoms with Crippen molar-refractivity contribution in [3.8, 4) is 0 Å². The van der Waals surface area contributed by atoms with Crippen LogP contribution in [-0.4, -0.2) is 41.1 Å². The fourth-order valence-electron chi connectivity index (χ4n) is 2.61. The number of carboxylic acid groups (broad SMARTS) is 1. The van der Waals surface area contributed by atoms with E-state index in [1.54, 1.807) is 0 Å². The van der Waals surface area contributed by atoms with Gasteiger partial charge in [-0.05, 0) is 5.92 Å². The van der Waals surface area contributed by atoms with Crippen molar-refractivity contribution in [3.05, 3.63) is 0 Å². The Morgan fingerprint density at radius 1 is 1.35 bits per heavy atom. The number of carbonyl (C=O) groups is 2. The highest BCUT2D eigenvalue weighted by molar-refractivity contribution is 5.79. The standard InChI is InChI=1S/C13H20F3NO3/c1-3-4-8(2)5-11(18)17-6-9(12(19)20)10(7-17)13(14,15)16/h8-10H,3-7H2,1-2H3,(H,19,20)/t8?,9-,10-/m1/s1. The minimum atomic E-state index is -4.59. The second-order valence-electron chi connectivity index (χ2n) is 5.49. The molecule has 1 N–H and O–H groups in total. The molecule has 7 heteroatoms. The first-order valence-electron chi connectivity index (χ1n) is 6.74. The van der Waals surface area contributed by atoms with Crippen LogP contribution in [0.1, 0.15) is 33.1 Å². The van der Waals surface area contributed by atoms with Gasteiger partial charge < -0.3 is 10.0 Å². The largest absolute Gasteiger partial charge is 0.481 e. The van der Waals surface area contributed by atoms with Crippen LogP contribution in [-0.2, 0) is 9.59 Å². The highest BCUT2D eigenvalue weighted by Crippen LogP contribution is 2.38. The van der Waals surface area contributed by atoms with E-state index in [0.717, 1.165) is 17.7 Å². The molecular formula is C13H20F3NO3. The Hall–Kier alpha value is -1.27. The van der Waals surface area contributed by atoms with Crippen LogP contribution in [0.5, 0.6) is 0 Å². The highest BCUT2D eigenvalue weighted by Gasteiger charge is 2.53. The Labute approximate surface area is 115 Å². The number of aliphatic carboxylic acids is 1. The van der Waals surface area contributed by atoms with Crippen molar-refractivity contribution in [2.45, 2.75) is 39.3 Å². The van der Waals surface area contributed by atoms with Crippen LogP contribution < -0.4 is 0 Å². The third-order valence-corrected chi connectivity index (χ3v) is 3.71. The number of amides is 1. The molecule has 4 nitrogen and oxygen atoms in total. The molecule has 0 bridgehead atoms. The third kappa shape index (κ3) is 4.11. The Balaban J connectivity index is 2.70. The molecule has 0 saturated carbocycles. The van der Waals surface area contributed by atoms with Gasteiger partial charge in [0.15, 0.2) is 0 Å². The maximum atomic E-state index is 12.8. The van der Waals surface area contributed by atoms with Gasteiger partial charge in [-0.1, -0.05) is 26.7 Å². The van der Waals surface area contributed by atoms with Gasteiger partial charge in [0.2, 0.25) is 5.91 Å². The molecule has 1 fully saturated rings. The summed E-state index contributed by atoms with van der Waals surface area (Å²) in [5.74, 6) is -5.31. The Morgan fingerprint density at radius 3 is 2.35 bits per heavy atom. The van der Waals surface area contributed by atoms with Crippen molar-refractivity contribution in [1.29, 1.82) is 0 Å². The lowest BCUT2D eigenvalue weighted by atomic mass is 9.96. The summed E-state index contributed by atoms with van der Waals surface area (Å²) in [7, 11) is 0. The van der Waals surface area contributed by atoms with E-state index in [1.807, 2.05) is 13.8 Å². The molecule has 0 aromatic rings. The minimum Gasteiger partial charge on any atom is -0.481 e.